The highest BCUT2D eigenvalue weighted by molar-refractivity contribution is 8.04. The number of aryl methyl sites for hydroxylation is 1. The van der Waals surface area contributed by atoms with Gasteiger partial charge in [-0.15, -0.1) is 0 Å². The molecular formula is C15H13NO4S. The maximum Gasteiger partial charge on any atom is 0.342 e. The van der Waals surface area contributed by atoms with Crippen molar-refractivity contribution in [2.24, 2.45) is 0 Å². The molecule has 1 unspecified atom stereocenters. The zero-order chi connectivity index (χ0) is 15.0. The number of hydrogen-bond donors (Lipinski definition) is 2. The standard InChI is InChI=1S/C15H13NO4S/c17-11-7-21-14(12(11)15(19)20)16-13(18)10-6-5-8-3-1-2-4-9(8)10/h1-4,10H,5-7H2,(H,16,18)(H,19,20). The molecule has 1 amide bonds. The van der Waals surface area contributed by atoms with E-state index >= 15 is 0 Å². The van der Waals surface area contributed by atoms with Crippen LogP contribution < -0.4 is 5.32 Å². The molecule has 1 aromatic rings. The first-order valence-corrected chi connectivity index (χ1v) is 7.58. The van der Waals surface area contributed by atoms with Gasteiger partial charge in [-0.3, -0.25) is 9.59 Å². The summed E-state index contributed by atoms with van der Waals surface area (Å²) < 4.78 is 0. The molecule has 108 valence electrons. The predicted molar refractivity (Wildman–Crippen MR) is 77.8 cm³/mol. The van der Waals surface area contributed by atoms with Crippen LogP contribution >= 0.6 is 11.8 Å². The molecule has 0 fully saturated rings. The quantitative estimate of drug-likeness (QED) is 0.826. The smallest absolute Gasteiger partial charge is 0.342 e. The molecule has 1 aliphatic heterocycles. The largest absolute Gasteiger partial charge is 0.477 e. The maximum absolute atomic E-state index is 12.4. The first kappa shape index (κ1) is 13.9. The van der Waals surface area contributed by atoms with Crippen molar-refractivity contribution in [1.29, 1.82) is 0 Å². The minimum absolute atomic E-state index is 0.0680. The Balaban J connectivity index is 1.82. The summed E-state index contributed by atoms with van der Waals surface area (Å²) in [5, 5.41) is 11.8. The Morgan fingerprint density at radius 2 is 2.05 bits per heavy atom. The van der Waals surface area contributed by atoms with E-state index in [1.54, 1.807) is 0 Å². The summed E-state index contributed by atoms with van der Waals surface area (Å²) in [7, 11) is 0. The number of carboxylic acids is 1. The van der Waals surface area contributed by atoms with Gasteiger partial charge in [0.1, 0.15) is 5.57 Å². The van der Waals surface area contributed by atoms with Gasteiger partial charge < -0.3 is 10.4 Å². The summed E-state index contributed by atoms with van der Waals surface area (Å²) >= 11 is 1.07. The number of ketones is 1. The second-order valence-corrected chi connectivity index (χ2v) is 5.99. The number of carbonyl (C=O) groups excluding carboxylic acids is 2. The third-order valence-electron chi connectivity index (χ3n) is 3.75. The van der Waals surface area contributed by atoms with Gasteiger partial charge >= 0.3 is 5.97 Å². The fourth-order valence-electron chi connectivity index (χ4n) is 2.75. The van der Waals surface area contributed by atoms with E-state index in [9.17, 15) is 14.4 Å². The van der Waals surface area contributed by atoms with Crippen molar-refractivity contribution < 1.29 is 19.5 Å². The Morgan fingerprint density at radius 3 is 2.81 bits per heavy atom. The van der Waals surface area contributed by atoms with Crippen molar-refractivity contribution in [3.63, 3.8) is 0 Å². The second kappa shape index (κ2) is 5.37. The van der Waals surface area contributed by atoms with Gasteiger partial charge in [0.15, 0.2) is 5.78 Å². The van der Waals surface area contributed by atoms with Gasteiger partial charge in [-0.05, 0) is 24.0 Å². The highest BCUT2D eigenvalue weighted by Crippen LogP contribution is 2.34. The van der Waals surface area contributed by atoms with Gasteiger partial charge in [0.25, 0.3) is 0 Å². The van der Waals surface area contributed by atoms with Gasteiger partial charge in [0, 0.05) is 0 Å². The lowest BCUT2D eigenvalue weighted by molar-refractivity contribution is -0.134. The molecule has 21 heavy (non-hydrogen) atoms. The molecule has 1 aliphatic carbocycles. The van der Waals surface area contributed by atoms with Crippen molar-refractivity contribution in [2.45, 2.75) is 18.8 Å². The third-order valence-corrected chi connectivity index (χ3v) is 4.75. The molecular weight excluding hydrogens is 290 g/mol. The highest BCUT2D eigenvalue weighted by atomic mass is 32.2. The molecule has 0 saturated heterocycles. The SMILES string of the molecule is O=C(O)C1=C(NC(=O)C2CCc3ccccc32)SCC1=O. The molecule has 0 radical (unpaired) electrons. The van der Waals surface area contributed by atoms with Gasteiger partial charge in [-0.2, -0.15) is 0 Å². The Bertz CT molecular complexity index is 680. The molecule has 1 atom stereocenters. The normalized spacial score (nSPS) is 20.6. The van der Waals surface area contributed by atoms with Crippen LogP contribution in [-0.2, 0) is 20.8 Å². The number of nitrogens with one attached hydrogen (secondary N) is 1. The Kier molecular flexibility index (Phi) is 3.55. The topological polar surface area (TPSA) is 83.5 Å². The average Bonchev–Trinajstić information content (AvgIpc) is 3.02. The Labute approximate surface area is 125 Å². The van der Waals surface area contributed by atoms with E-state index in [1.807, 2.05) is 24.3 Å². The van der Waals surface area contributed by atoms with Crippen LogP contribution in [0.15, 0.2) is 34.9 Å². The molecule has 0 saturated carbocycles. The van der Waals surface area contributed by atoms with Crippen molar-refractivity contribution in [1.82, 2.24) is 5.32 Å². The molecule has 0 bridgehead atoms. The van der Waals surface area contributed by atoms with Crippen LogP contribution in [0.5, 0.6) is 0 Å². The maximum atomic E-state index is 12.4. The van der Waals surface area contributed by atoms with Gasteiger partial charge in [-0.1, -0.05) is 36.0 Å². The molecule has 1 aromatic carbocycles. The zero-order valence-electron chi connectivity index (χ0n) is 11.1. The third kappa shape index (κ3) is 2.47. The highest BCUT2D eigenvalue weighted by Gasteiger charge is 2.33. The van der Waals surface area contributed by atoms with Crippen LogP contribution in [0.2, 0.25) is 0 Å². The van der Waals surface area contributed by atoms with Crippen LogP contribution in [-0.4, -0.2) is 28.5 Å². The fraction of sp³-hybridized carbons (Fsp3) is 0.267. The van der Waals surface area contributed by atoms with Crippen molar-refractivity contribution in [3.8, 4) is 0 Å². The summed E-state index contributed by atoms with van der Waals surface area (Å²) in [4.78, 5) is 35.0. The first-order valence-electron chi connectivity index (χ1n) is 6.60. The van der Waals surface area contributed by atoms with Crippen LogP contribution in [0.3, 0.4) is 0 Å². The van der Waals surface area contributed by atoms with Gasteiger partial charge in [0.2, 0.25) is 5.91 Å². The number of carboxylic acid groups (broad SMARTS) is 1. The Hall–Kier alpha value is -2.08. The number of benzene rings is 1. The summed E-state index contributed by atoms with van der Waals surface area (Å²) in [6.45, 7) is 0. The van der Waals surface area contributed by atoms with E-state index in [2.05, 4.69) is 5.32 Å². The summed E-state index contributed by atoms with van der Waals surface area (Å²) in [5.41, 5.74) is 1.83. The monoisotopic (exact) mass is 303 g/mol. The molecule has 2 aliphatic rings. The van der Waals surface area contributed by atoms with Crippen LogP contribution in [0.25, 0.3) is 0 Å². The lowest BCUT2D eigenvalue weighted by Gasteiger charge is -2.12. The van der Waals surface area contributed by atoms with Gasteiger partial charge in [0.05, 0.1) is 16.7 Å². The molecule has 6 heteroatoms. The minimum atomic E-state index is -1.29. The molecule has 0 spiro atoms. The molecule has 0 aromatic heterocycles. The first-order chi connectivity index (χ1) is 10.1. The van der Waals surface area contributed by atoms with E-state index < -0.39 is 11.8 Å². The van der Waals surface area contributed by atoms with Crippen molar-refractivity contribution in [2.75, 3.05) is 5.75 Å². The minimum Gasteiger partial charge on any atom is -0.477 e. The summed E-state index contributed by atoms with van der Waals surface area (Å²) in [6.07, 6.45) is 1.55. The van der Waals surface area contributed by atoms with E-state index in [-0.39, 0.29) is 28.2 Å². The van der Waals surface area contributed by atoms with Crippen LogP contribution in [0.1, 0.15) is 23.5 Å². The number of aliphatic carboxylic acids is 1. The van der Waals surface area contributed by atoms with Crippen molar-refractivity contribution >= 4 is 29.4 Å². The number of hydrogen-bond acceptors (Lipinski definition) is 4. The van der Waals surface area contributed by atoms with E-state index in [0.29, 0.717) is 6.42 Å². The Morgan fingerprint density at radius 1 is 1.29 bits per heavy atom. The fourth-order valence-corrected chi connectivity index (χ4v) is 3.69. The number of fused-ring (bicyclic) bond motifs is 1. The number of Topliss-reactive ketones (excluding diaryl/α,β-unsaturated/α-hetero) is 1. The predicted octanol–water partition coefficient (Wildman–Crippen LogP) is 1.44. The molecule has 1 heterocycles. The number of thioether (sulfide) groups is 1. The molecule has 3 rings (SSSR count). The van der Waals surface area contributed by atoms with Crippen LogP contribution in [0.4, 0.5) is 0 Å². The van der Waals surface area contributed by atoms with E-state index in [4.69, 9.17) is 5.11 Å². The average molecular weight is 303 g/mol. The van der Waals surface area contributed by atoms with Gasteiger partial charge in [-0.25, -0.2) is 4.79 Å². The van der Waals surface area contributed by atoms with E-state index in [1.165, 1.54) is 0 Å². The second-order valence-electron chi connectivity index (χ2n) is 5.00. The lowest BCUT2D eigenvalue weighted by Crippen LogP contribution is -2.28. The molecule has 5 nitrogen and oxygen atoms in total. The van der Waals surface area contributed by atoms with Crippen molar-refractivity contribution in [3.05, 3.63) is 46.0 Å². The number of carbonyl (C=O) groups is 3. The summed E-state index contributed by atoms with van der Waals surface area (Å²) in [6, 6.07) is 7.75. The number of rotatable bonds is 3. The van der Waals surface area contributed by atoms with E-state index in [0.717, 1.165) is 29.3 Å². The lowest BCUT2D eigenvalue weighted by atomic mass is 10.0. The molecule has 2 N–H and O–H groups in total. The summed E-state index contributed by atoms with van der Waals surface area (Å²) in [5.74, 6) is -2.18. The van der Waals surface area contributed by atoms with Crippen LogP contribution in [0, 0.1) is 0 Å². The zero-order valence-corrected chi connectivity index (χ0v) is 11.9. The number of amides is 1.